The zero-order valence-corrected chi connectivity index (χ0v) is 23.4. The number of rotatable bonds is 7. The molecule has 2 atom stereocenters. The van der Waals surface area contributed by atoms with E-state index in [0.29, 0.717) is 38.3 Å². The van der Waals surface area contributed by atoms with Crippen molar-refractivity contribution in [3.8, 4) is 5.75 Å². The number of carbonyl (C=O) groups is 4. The number of nitrogens with zero attached hydrogens (tertiary/aromatic N) is 1. The second kappa shape index (κ2) is 16.1. The van der Waals surface area contributed by atoms with E-state index in [2.05, 4.69) is 26.2 Å². The minimum atomic E-state index is -1.10. The van der Waals surface area contributed by atoms with Gasteiger partial charge in [-0.05, 0) is 69.8 Å². The monoisotopic (exact) mass is 543 g/mol. The van der Waals surface area contributed by atoms with Crippen LogP contribution in [0.5, 0.6) is 5.75 Å². The van der Waals surface area contributed by atoms with Gasteiger partial charge in [-0.1, -0.05) is 38.8 Å². The van der Waals surface area contributed by atoms with Crippen LogP contribution in [-0.2, 0) is 14.4 Å². The summed E-state index contributed by atoms with van der Waals surface area (Å²) in [5, 5.41) is 11.3. The van der Waals surface area contributed by atoms with Gasteiger partial charge in [0.2, 0.25) is 17.7 Å². The van der Waals surface area contributed by atoms with Crippen LogP contribution in [0.2, 0.25) is 0 Å². The fourth-order valence-corrected chi connectivity index (χ4v) is 4.95. The molecular weight excluding hydrogens is 498 g/mol. The molecule has 0 bridgehead atoms. The summed E-state index contributed by atoms with van der Waals surface area (Å²) in [6.45, 7) is 8.13. The molecule has 10 nitrogen and oxygen atoms in total. The van der Waals surface area contributed by atoms with Crippen molar-refractivity contribution in [3.05, 3.63) is 29.8 Å². The standard InChI is InChI=1S/C29H45N5O5/c1-21(2)19-23-28(37)31-14-10-18-39-25-12-6-5-11-22(25)27(36)33-24(20-26(35)32-23)29(38)30-13-9-17-34-15-7-3-4-8-16-34/h5-6,11-12,21,23-24H,3-4,7-10,13-20H2,1-2H3,(H,30,38)(H,31,37)(H,32,35)(H,33,36)/t23-,24-/m0/s1. The third kappa shape index (κ3) is 10.5. The summed E-state index contributed by atoms with van der Waals surface area (Å²) in [7, 11) is 0. The van der Waals surface area contributed by atoms with Crippen molar-refractivity contribution in [1.82, 2.24) is 26.2 Å². The van der Waals surface area contributed by atoms with Crippen molar-refractivity contribution in [2.24, 2.45) is 5.92 Å². The van der Waals surface area contributed by atoms with Gasteiger partial charge in [-0.25, -0.2) is 0 Å². The average molecular weight is 544 g/mol. The van der Waals surface area contributed by atoms with Crippen molar-refractivity contribution in [2.75, 3.05) is 39.3 Å². The van der Waals surface area contributed by atoms with Crippen molar-refractivity contribution in [3.63, 3.8) is 0 Å². The first-order valence-corrected chi connectivity index (χ1v) is 14.4. The van der Waals surface area contributed by atoms with Gasteiger partial charge in [-0.15, -0.1) is 0 Å². The normalized spacial score (nSPS) is 22.2. The van der Waals surface area contributed by atoms with E-state index < -0.39 is 29.8 Å². The van der Waals surface area contributed by atoms with Gasteiger partial charge in [0.1, 0.15) is 17.8 Å². The molecule has 2 heterocycles. The van der Waals surface area contributed by atoms with Crippen molar-refractivity contribution < 1.29 is 23.9 Å². The van der Waals surface area contributed by atoms with Crippen LogP contribution in [0.25, 0.3) is 0 Å². The molecule has 4 N–H and O–H groups in total. The van der Waals surface area contributed by atoms with Crippen LogP contribution in [0.4, 0.5) is 0 Å². The Morgan fingerprint density at radius 2 is 1.79 bits per heavy atom. The number of carbonyl (C=O) groups excluding carboxylic acids is 4. The van der Waals surface area contributed by atoms with Gasteiger partial charge >= 0.3 is 0 Å². The second-order valence-corrected chi connectivity index (χ2v) is 10.9. The summed E-state index contributed by atoms with van der Waals surface area (Å²) in [5.74, 6) is -1.11. The van der Waals surface area contributed by atoms with Gasteiger partial charge in [-0.3, -0.25) is 19.2 Å². The van der Waals surface area contributed by atoms with E-state index in [1.807, 2.05) is 13.8 Å². The lowest BCUT2D eigenvalue weighted by atomic mass is 10.0. The average Bonchev–Trinajstić information content (AvgIpc) is 3.18. The van der Waals surface area contributed by atoms with Crippen LogP contribution in [0.15, 0.2) is 24.3 Å². The lowest BCUT2D eigenvalue weighted by Gasteiger charge is -2.23. The van der Waals surface area contributed by atoms with Crippen LogP contribution in [0, 0.1) is 5.92 Å². The zero-order chi connectivity index (χ0) is 28.0. The Hall–Kier alpha value is -3.14. The highest BCUT2D eigenvalue weighted by atomic mass is 16.5. The third-order valence-corrected chi connectivity index (χ3v) is 7.03. The van der Waals surface area contributed by atoms with Gasteiger partial charge in [0.25, 0.3) is 5.91 Å². The molecule has 0 saturated carbocycles. The molecule has 1 saturated heterocycles. The summed E-state index contributed by atoms with van der Waals surface area (Å²) in [4.78, 5) is 54.7. The zero-order valence-electron chi connectivity index (χ0n) is 23.4. The fraction of sp³-hybridized carbons (Fsp3) is 0.655. The van der Waals surface area contributed by atoms with E-state index >= 15 is 0 Å². The van der Waals surface area contributed by atoms with Crippen LogP contribution in [0.1, 0.15) is 75.6 Å². The van der Waals surface area contributed by atoms with E-state index in [1.54, 1.807) is 24.3 Å². The van der Waals surface area contributed by atoms with Gasteiger partial charge < -0.3 is 30.9 Å². The smallest absolute Gasteiger partial charge is 0.255 e. The molecule has 0 aliphatic carbocycles. The summed E-state index contributed by atoms with van der Waals surface area (Å²) >= 11 is 0. The highest BCUT2D eigenvalue weighted by Crippen LogP contribution is 2.19. The molecule has 4 amide bonds. The first-order chi connectivity index (χ1) is 18.8. The van der Waals surface area contributed by atoms with E-state index in [1.165, 1.54) is 25.7 Å². The predicted molar refractivity (Wildman–Crippen MR) is 149 cm³/mol. The quantitative estimate of drug-likeness (QED) is 0.390. The first-order valence-electron chi connectivity index (χ1n) is 14.4. The van der Waals surface area contributed by atoms with Gasteiger partial charge in [0, 0.05) is 13.1 Å². The molecule has 10 heteroatoms. The largest absolute Gasteiger partial charge is 0.493 e. The number of amides is 4. The van der Waals surface area contributed by atoms with Crippen molar-refractivity contribution in [2.45, 2.75) is 77.3 Å². The number of fused-ring (bicyclic) bond motifs is 1. The summed E-state index contributed by atoms with van der Waals surface area (Å²) in [6, 6.07) is 4.97. The third-order valence-electron chi connectivity index (χ3n) is 7.03. The van der Waals surface area contributed by atoms with Crippen LogP contribution in [-0.4, -0.2) is 79.9 Å². The number of hydrogen-bond acceptors (Lipinski definition) is 6. The van der Waals surface area contributed by atoms with Gasteiger partial charge in [0.15, 0.2) is 0 Å². The molecule has 2 aliphatic rings. The van der Waals surface area contributed by atoms with Crippen LogP contribution in [0.3, 0.4) is 0 Å². The molecule has 1 aromatic carbocycles. The predicted octanol–water partition coefficient (Wildman–Crippen LogP) is 1.99. The van der Waals surface area contributed by atoms with E-state index in [9.17, 15) is 19.2 Å². The van der Waals surface area contributed by atoms with Gasteiger partial charge in [0.05, 0.1) is 18.6 Å². The maximum Gasteiger partial charge on any atom is 0.255 e. The van der Waals surface area contributed by atoms with Crippen molar-refractivity contribution in [1.29, 1.82) is 0 Å². The molecule has 39 heavy (non-hydrogen) atoms. The van der Waals surface area contributed by atoms with E-state index in [-0.39, 0.29) is 23.8 Å². The highest BCUT2D eigenvalue weighted by Gasteiger charge is 2.28. The SMILES string of the molecule is CC(C)C[C@@H]1NC(=O)C[C@@H](C(=O)NCCCN2CCCCCC2)NC(=O)c2ccccc2OCCCNC1=O. The Kier molecular flexibility index (Phi) is 12.5. The number of benzene rings is 1. The summed E-state index contributed by atoms with van der Waals surface area (Å²) in [5.41, 5.74) is 0.286. The molecule has 0 radical (unpaired) electrons. The fourth-order valence-electron chi connectivity index (χ4n) is 4.95. The maximum absolute atomic E-state index is 13.2. The molecule has 3 rings (SSSR count). The molecule has 1 fully saturated rings. The Labute approximate surface area is 232 Å². The summed E-state index contributed by atoms with van der Waals surface area (Å²) in [6.07, 6.45) is 6.44. The lowest BCUT2D eigenvalue weighted by Crippen LogP contribution is -2.52. The van der Waals surface area contributed by atoms with Crippen LogP contribution < -0.4 is 26.0 Å². The number of ether oxygens (including phenoxy) is 1. The Balaban J connectivity index is 1.70. The Morgan fingerprint density at radius 1 is 1.05 bits per heavy atom. The van der Waals surface area contributed by atoms with E-state index in [0.717, 1.165) is 26.1 Å². The summed E-state index contributed by atoms with van der Waals surface area (Å²) < 4.78 is 5.82. The molecule has 0 aromatic heterocycles. The van der Waals surface area contributed by atoms with Crippen molar-refractivity contribution >= 4 is 23.6 Å². The van der Waals surface area contributed by atoms with Gasteiger partial charge in [-0.2, -0.15) is 0 Å². The van der Waals surface area contributed by atoms with E-state index in [4.69, 9.17) is 4.74 Å². The Bertz CT molecular complexity index is 961. The molecule has 1 aromatic rings. The minimum absolute atomic E-state index is 0.170. The molecular formula is C29H45N5O5. The topological polar surface area (TPSA) is 129 Å². The number of nitrogens with one attached hydrogen (secondary N) is 4. The molecule has 0 unspecified atom stereocenters. The number of likely N-dealkylation sites (tertiary alicyclic amines) is 1. The second-order valence-electron chi connectivity index (χ2n) is 10.9. The maximum atomic E-state index is 13.2. The highest BCUT2D eigenvalue weighted by molar-refractivity contribution is 6.01. The molecule has 216 valence electrons. The molecule has 0 spiro atoms. The Morgan fingerprint density at radius 3 is 2.54 bits per heavy atom. The number of hydrogen-bond donors (Lipinski definition) is 4. The minimum Gasteiger partial charge on any atom is -0.493 e. The lowest BCUT2D eigenvalue weighted by molar-refractivity contribution is -0.131. The first kappa shape index (κ1) is 30.4. The molecule has 2 aliphatic heterocycles. The van der Waals surface area contributed by atoms with Crippen LogP contribution >= 0.6 is 0 Å². The number of para-hydroxylation sites is 1.